The highest BCUT2D eigenvalue weighted by Gasteiger charge is 2.22. The molecule has 0 aliphatic carbocycles. The average molecular weight is 380 g/mol. The third-order valence-electron chi connectivity index (χ3n) is 5.97. The summed E-state index contributed by atoms with van der Waals surface area (Å²) in [6.07, 6.45) is 0. The maximum Gasteiger partial charge on any atom is 0.195 e. The molecule has 0 saturated heterocycles. The minimum Gasteiger partial charge on any atom is -0.237 e. The van der Waals surface area contributed by atoms with Gasteiger partial charge in [0, 0.05) is 16.2 Å². The fourth-order valence-electron chi connectivity index (χ4n) is 4.81. The third-order valence-corrected chi connectivity index (χ3v) is 5.97. The molecule has 4 heteroatoms. The first-order chi connectivity index (χ1) is 14.5. The lowest BCUT2D eigenvalue weighted by Gasteiger charge is -2.19. The van der Waals surface area contributed by atoms with Gasteiger partial charge in [0.25, 0.3) is 0 Å². The highest BCUT2D eigenvalue weighted by molar-refractivity contribution is 6.37. The first-order valence-electron chi connectivity index (χ1n) is 9.34. The summed E-state index contributed by atoms with van der Waals surface area (Å²) in [5, 5.41) is 35.9. The van der Waals surface area contributed by atoms with E-state index in [9.17, 15) is 15.8 Å². The van der Waals surface area contributed by atoms with E-state index in [-0.39, 0.29) is 0 Å². The van der Waals surface area contributed by atoms with Crippen LogP contribution >= 0.6 is 0 Å². The number of nitrogens with zero attached hydrogens (tertiary/aromatic N) is 4. The van der Waals surface area contributed by atoms with Crippen molar-refractivity contribution in [1.82, 2.24) is 0 Å². The third kappa shape index (κ3) is 1.95. The van der Waals surface area contributed by atoms with E-state index in [1.807, 2.05) is 38.1 Å². The van der Waals surface area contributed by atoms with Crippen LogP contribution in [-0.2, 0) is 0 Å². The van der Waals surface area contributed by atoms with Gasteiger partial charge in [-0.3, -0.25) is 0 Å². The maximum atomic E-state index is 9.93. The minimum atomic E-state index is 0.403. The average Bonchev–Trinajstić information content (AvgIpc) is 2.77. The summed E-state index contributed by atoms with van der Waals surface area (Å²) in [6, 6.07) is 17.8. The summed E-state index contributed by atoms with van der Waals surface area (Å²) in [7, 11) is 0. The summed E-state index contributed by atoms with van der Waals surface area (Å²) in [5.74, 6) is 0. The second-order valence-electron chi connectivity index (χ2n) is 7.47. The van der Waals surface area contributed by atoms with Crippen LogP contribution in [0.1, 0.15) is 27.8 Å². The van der Waals surface area contributed by atoms with Crippen LogP contribution < -0.4 is 0 Å². The number of fused-ring (bicyclic) bond motifs is 2. The zero-order chi connectivity index (χ0) is 21.2. The highest BCUT2D eigenvalue weighted by atomic mass is 14.6. The van der Waals surface area contributed by atoms with Crippen molar-refractivity contribution in [2.24, 2.45) is 0 Å². The van der Waals surface area contributed by atoms with E-state index < -0.39 is 0 Å². The van der Waals surface area contributed by atoms with Crippen molar-refractivity contribution in [3.8, 4) is 18.2 Å². The molecule has 4 nitrogen and oxygen atoms in total. The van der Waals surface area contributed by atoms with Crippen LogP contribution in [0.2, 0.25) is 0 Å². The molecule has 0 atom stereocenters. The molecular weight excluding hydrogens is 368 g/mol. The van der Waals surface area contributed by atoms with Crippen LogP contribution in [-0.4, -0.2) is 0 Å². The number of hydrogen-bond donors (Lipinski definition) is 0. The van der Waals surface area contributed by atoms with E-state index in [4.69, 9.17) is 6.57 Å². The Labute approximate surface area is 172 Å². The Bertz CT molecular complexity index is 1730. The molecule has 0 N–H and O–H groups in total. The van der Waals surface area contributed by atoms with Gasteiger partial charge in [-0.1, -0.05) is 29.8 Å². The van der Waals surface area contributed by atoms with Gasteiger partial charge in [0.1, 0.15) is 0 Å². The lowest BCUT2D eigenvalue weighted by molar-refractivity contribution is 1.46. The summed E-state index contributed by atoms with van der Waals surface area (Å²) >= 11 is 0. The molecule has 5 aromatic rings. The fraction of sp³-hybridized carbons (Fsp3) is 0.0769. The van der Waals surface area contributed by atoms with Crippen LogP contribution in [0.3, 0.4) is 0 Å². The summed E-state index contributed by atoms with van der Waals surface area (Å²) < 4.78 is 0. The lowest BCUT2D eigenvalue weighted by atomic mass is 9.83. The maximum absolute atomic E-state index is 9.93. The van der Waals surface area contributed by atoms with Crippen molar-refractivity contribution in [3.63, 3.8) is 0 Å². The predicted molar refractivity (Wildman–Crippen MR) is 118 cm³/mol. The topological polar surface area (TPSA) is 75.7 Å². The zero-order valence-electron chi connectivity index (χ0n) is 16.3. The summed E-state index contributed by atoms with van der Waals surface area (Å²) in [6.45, 7) is 11.6. The lowest BCUT2D eigenvalue weighted by Crippen LogP contribution is -1.96. The molecule has 0 fully saturated rings. The molecule has 0 spiro atoms. The molecule has 0 amide bonds. The Morgan fingerprint density at radius 2 is 1.23 bits per heavy atom. The number of hydrogen-bond acceptors (Lipinski definition) is 3. The molecule has 5 rings (SSSR count). The van der Waals surface area contributed by atoms with Crippen molar-refractivity contribution in [2.75, 3.05) is 0 Å². The van der Waals surface area contributed by atoms with Crippen molar-refractivity contribution in [2.45, 2.75) is 13.8 Å². The number of rotatable bonds is 0. The Morgan fingerprint density at radius 3 is 1.90 bits per heavy atom. The van der Waals surface area contributed by atoms with E-state index >= 15 is 0 Å². The molecular formula is C26H12N4. The second kappa shape index (κ2) is 5.93. The molecule has 136 valence electrons. The molecule has 0 aliphatic rings. The second-order valence-corrected chi connectivity index (χ2v) is 7.47. The number of nitriles is 3. The Morgan fingerprint density at radius 1 is 0.633 bits per heavy atom. The van der Waals surface area contributed by atoms with Gasteiger partial charge in [-0.2, -0.15) is 15.8 Å². The van der Waals surface area contributed by atoms with Crippen LogP contribution in [0.15, 0.2) is 36.4 Å². The molecule has 0 aromatic heterocycles. The van der Waals surface area contributed by atoms with E-state index in [2.05, 4.69) is 23.1 Å². The largest absolute Gasteiger partial charge is 0.237 e. The van der Waals surface area contributed by atoms with Crippen LogP contribution in [0.5, 0.6) is 0 Å². The van der Waals surface area contributed by atoms with Crippen LogP contribution in [0.4, 0.5) is 5.69 Å². The molecule has 5 aromatic carbocycles. The fourth-order valence-corrected chi connectivity index (χ4v) is 4.81. The Hall–Kier alpha value is -4.64. The van der Waals surface area contributed by atoms with E-state index in [1.165, 1.54) is 0 Å². The van der Waals surface area contributed by atoms with Crippen LogP contribution in [0, 0.1) is 54.4 Å². The number of aryl methyl sites for hydroxylation is 2. The molecule has 0 heterocycles. The molecule has 0 bridgehead atoms. The van der Waals surface area contributed by atoms with E-state index in [1.54, 1.807) is 12.1 Å². The molecule has 0 aliphatic heterocycles. The molecule has 0 saturated carbocycles. The van der Waals surface area contributed by atoms with Gasteiger partial charge in [0.15, 0.2) is 5.69 Å². The van der Waals surface area contributed by atoms with Gasteiger partial charge in [-0.15, -0.1) is 0 Å². The molecule has 0 radical (unpaired) electrons. The van der Waals surface area contributed by atoms with Crippen molar-refractivity contribution < 1.29 is 0 Å². The normalized spacial score (nSPS) is 10.9. The summed E-state index contributed by atoms with van der Waals surface area (Å²) in [4.78, 5) is 3.78. The highest BCUT2D eigenvalue weighted by Crippen LogP contribution is 2.48. The van der Waals surface area contributed by atoms with Crippen molar-refractivity contribution >= 4 is 48.8 Å². The first kappa shape index (κ1) is 17.5. The van der Waals surface area contributed by atoms with Crippen molar-refractivity contribution in [3.05, 3.63) is 75.6 Å². The first-order valence-corrected chi connectivity index (χ1v) is 9.34. The van der Waals surface area contributed by atoms with E-state index in [0.717, 1.165) is 54.2 Å². The Kier molecular flexibility index (Phi) is 3.45. The van der Waals surface area contributed by atoms with E-state index in [0.29, 0.717) is 22.4 Å². The van der Waals surface area contributed by atoms with Gasteiger partial charge in [0.05, 0.1) is 41.5 Å². The number of benzene rings is 5. The monoisotopic (exact) mass is 380 g/mol. The molecule has 30 heavy (non-hydrogen) atoms. The predicted octanol–water partition coefficient (Wildman–Crippen LogP) is 6.52. The van der Waals surface area contributed by atoms with Gasteiger partial charge in [0.2, 0.25) is 0 Å². The Balaban J connectivity index is 2.34. The van der Waals surface area contributed by atoms with Crippen LogP contribution in [0.25, 0.3) is 47.9 Å². The smallest absolute Gasteiger partial charge is 0.195 e. The minimum absolute atomic E-state index is 0.403. The SMILES string of the molecule is [C-]#[N+]c1cc(C)c2c(C#N)cc(C#N)c3c4ccc(C)c5c(C#N)ccc(c1c23)c54. The van der Waals surface area contributed by atoms with Gasteiger partial charge < -0.3 is 0 Å². The standard InChI is InChI=1S/C26H12N4/c1-13-4-6-18-23-17(12-29)9-16(11-28)22-14(2)8-20(30-3)25(26(22)23)19-7-5-15(10-27)21(13)24(18)19/h4-9H,1-2H3. The quantitative estimate of drug-likeness (QED) is 0.174. The van der Waals surface area contributed by atoms with Gasteiger partial charge in [-0.25, -0.2) is 4.85 Å². The zero-order valence-corrected chi connectivity index (χ0v) is 16.3. The van der Waals surface area contributed by atoms with Gasteiger partial charge in [-0.05, 0) is 58.5 Å². The summed E-state index contributed by atoms with van der Waals surface area (Å²) in [5.41, 5.74) is 3.69. The molecule has 0 unspecified atom stereocenters. The van der Waals surface area contributed by atoms with Gasteiger partial charge >= 0.3 is 0 Å². The van der Waals surface area contributed by atoms with Crippen molar-refractivity contribution in [1.29, 1.82) is 15.8 Å².